The highest BCUT2D eigenvalue weighted by atomic mass is 32.1. The van der Waals surface area contributed by atoms with Crippen LogP contribution in [0.3, 0.4) is 0 Å². The van der Waals surface area contributed by atoms with Crippen molar-refractivity contribution in [2.45, 2.75) is 25.2 Å². The molecule has 1 fully saturated rings. The molecule has 3 amide bonds. The third kappa shape index (κ3) is 4.43. The second-order valence-corrected chi connectivity index (χ2v) is 10.5. The lowest BCUT2D eigenvalue weighted by atomic mass is 10.1. The van der Waals surface area contributed by atoms with Gasteiger partial charge in [-0.2, -0.15) is 0 Å². The van der Waals surface area contributed by atoms with E-state index in [1.54, 1.807) is 19.5 Å². The van der Waals surface area contributed by atoms with Gasteiger partial charge in [-0.05, 0) is 31.0 Å². The normalized spacial score (nSPS) is 19.2. The quantitative estimate of drug-likeness (QED) is 0.331. The zero-order chi connectivity index (χ0) is 28.2. The standard InChI is InChI=1S/C26H25F2N7O4S/c1-14(33(3)13-29-2)34-10-4-5-15(12-34)31-23(36)22-21-20-17(8-9-30-24(20)40-22)35(25(37)32-21)16-6-7-18-19(11-16)39-26(27,28)38-18/h6-9,11,13,15H,1,4-5,10,12H2,2-3H3,(H,31,36)(H,32,37)/t15-/m1/s1. The minimum absolute atomic E-state index is 0.127. The lowest BCUT2D eigenvalue weighted by Gasteiger charge is -2.37. The number of alkyl halides is 2. The Kier molecular flexibility index (Phi) is 6.21. The maximum atomic E-state index is 13.5. The van der Waals surface area contributed by atoms with Crippen LogP contribution >= 0.6 is 11.3 Å². The molecule has 1 saturated heterocycles. The third-order valence-electron chi connectivity index (χ3n) is 6.91. The van der Waals surface area contributed by atoms with E-state index in [-0.39, 0.29) is 29.1 Å². The highest BCUT2D eigenvalue weighted by Crippen LogP contribution is 2.48. The van der Waals surface area contributed by atoms with E-state index in [1.807, 2.05) is 11.9 Å². The third-order valence-corrected chi connectivity index (χ3v) is 8.01. The zero-order valence-electron chi connectivity index (χ0n) is 21.6. The van der Waals surface area contributed by atoms with Crippen molar-refractivity contribution in [3.8, 4) is 11.5 Å². The van der Waals surface area contributed by atoms with Crippen LogP contribution in [-0.2, 0) is 0 Å². The molecule has 1 aromatic carbocycles. The molecule has 0 spiro atoms. The minimum Gasteiger partial charge on any atom is -0.395 e. The largest absolute Gasteiger partial charge is 0.586 e. The Bertz CT molecular complexity index is 1580. The lowest BCUT2D eigenvalue weighted by Crippen LogP contribution is -2.49. The predicted molar refractivity (Wildman–Crippen MR) is 147 cm³/mol. The molecule has 0 radical (unpaired) electrons. The number of thiophene rings is 1. The van der Waals surface area contributed by atoms with E-state index in [2.05, 4.69) is 41.6 Å². The summed E-state index contributed by atoms with van der Waals surface area (Å²) in [6, 6.07) is 5.05. The molecule has 5 heterocycles. The van der Waals surface area contributed by atoms with Crippen molar-refractivity contribution in [2.75, 3.05) is 37.4 Å². The van der Waals surface area contributed by atoms with Gasteiger partial charge in [0.05, 0.1) is 28.8 Å². The van der Waals surface area contributed by atoms with E-state index < -0.39 is 12.3 Å². The van der Waals surface area contributed by atoms with Gasteiger partial charge in [0.25, 0.3) is 5.91 Å². The number of nitrogens with zero attached hydrogens (tertiary/aromatic N) is 5. The number of rotatable bonds is 6. The number of carbonyl (C=O) groups excluding carboxylic acids is 2. The Morgan fingerprint density at radius 1 is 1.35 bits per heavy atom. The van der Waals surface area contributed by atoms with Crippen molar-refractivity contribution in [3.05, 3.63) is 47.7 Å². The van der Waals surface area contributed by atoms with Gasteiger partial charge in [0.1, 0.15) is 15.5 Å². The molecule has 0 bridgehead atoms. The summed E-state index contributed by atoms with van der Waals surface area (Å²) < 4.78 is 36.1. The summed E-state index contributed by atoms with van der Waals surface area (Å²) in [4.78, 5) is 41.4. The van der Waals surface area contributed by atoms with Crippen LogP contribution < -0.4 is 25.0 Å². The fourth-order valence-electron chi connectivity index (χ4n) is 5.12. The van der Waals surface area contributed by atoms with Gasteiger partial charge >= 0.3 is 12.3 Å². The minimum atomic E-state index is -3.78. The SMILES string of the molecule is C=C(N(C)C=NC)N1CCC[C@@H](NC(=O)c2sc3nccc4c3c2NC(=O)N4c2ccc3c(c2)OC(F)(F)O3)C1. The number of hydrogen-bond donors (Lipinski definition) is 2. The number of pyridine rings is 1. The molecule has 3 aromatic rings. The number of ether oxygens (including phenoxy) is 2. The van der Waals surface area contributed by atoms with E-state index in [9.17, 15) is 18.4 Å². The van der Waals surface area contributed by atoms with Gasteiger partial charge in [-0.15, -0.1) is 20.1 Å². The van der Waals surface area contributed by atoms with E-state index in [1.165, 1.54) is 40.6 Å². The fraction of sp³-hybridized carbons (Fsp3) is 0.308. The number of aliphatic imine (C=N–C) groups is 1. The van der Waals surface area contributed by atoms with Crippen molar-refractivity contribution >= 4 is 56.9 Å². The first kappa shape index (κ1) is 25.8. The first-order chi connectivity index (χ1) is 19.1. The summed E-state index contributed by atoms with van der Waals surface area (Å²) in [5.74, 6) is 0.157. The topological polar surface area (TPSA) is 112 Å². The van der Waals surface area contributed by atoms with Crippen LogP contribution in [0.1, 0.15) is 22.5 Å². The number of amides is 3. The number of piperidine rings is 1. The molecule has 11 nitrogen and oxygen atoms in total. The number of hydrogen-bond acceptors (Lipinski definition) is 8. The van der Waals surface area contributed by atoms with Gasteiger partial charge in [-0.3, -0.25) is 14.7 Å². The summed E-state index contributed by atoms with van der Waals surface area (Å²) in [6.07, 6.45) is 1.11. The number of carbonyl (C=O) groups is 2. The number of aromatic nitrogens is 1. The fourth-order valence-corrected chi connectivity index (χ4v) is 6.14. The molecular weight excluding hydrogens is 544 g/mol. The average molecular weight is 570 g/mol. The molecule has 0 saturated carbocycles. The van der Waals surface area contributed by atoms with E-state index in [0.29, 0.717) is 33.0 Å². The Morgan fingerprint density at radius 2 is 2.15 bits per heavy atom. The number of halogens is 2. The van der Waals surface area contributed by atoms with Crippen molar-refractivity contribution < 1.29 is 27.8 Å². The highest BCUT2D eigenvalue weighted by molar-refractivity contribution is 7.21. The molecule has 40 heavy (non-hydrogen) atoms. The van der Waals surface area contributed by atoms with Crippen molar-refractivity contribution in [1.82, 2.24) is 20.1 Å². The highest BCUT2D eigenvalue weighted by Gasteiger charge is 2.44. The molecule has 1 atom stereocenters. The summed E-state index contributed by atoms with van der Waals surface area (Å²) in [7, 11) is 3.56. The van der Waals surface area contributed by atoms with E-state index in [4.69, 9.17) is 0 Å². The summed E-state index contributed by atoms with van der Waals surface area (Å²) >= 11 is 1.17. The number of urea groups is 1. The Hall–Kier alpha value is -4.46. The van der Waals surface area contributed by atoms with E-state index in [0.717, 1.165) is 25.2 Å². The summed E-state index contributed by atoms with van der Waals surface area (Å²) in [5, 5.41) is 6.50. The van der Waals surface area contributed by atoms with Crippen LogP contribution in [0.15, 0.2) is 47.9 Å². The summed E-state index contributed by atoms with van der Waals surface area (Å²) in [6.45, 7) is 5.55. The zero-order valence-corrected chi connectivity index (χ0v) is 22.4. The van der Waals surface area contributed by atoms with Gasteiger partial charge in [0, 0.05) is 45.5 Å². The van der Waals surface area contributed by atoms with Crippen molar-refractivity contribution in [2.24, 2.45) is 4.99 Å². The molecule has 14 heteroatoms. The van der Waals surface area contributed by atoms with Crippen molar-refractivity contribution in [1.29, 1.82) is 0 Å². The molecule has 6 rings (SSSR count). The molecule has 3 aliphatic heterocycles. The van der Waals surface area contributed by atoms with Gasteiger partial charge in [-0.1, -0.05) is 6.58 Å². The number of anilines is 3. The van der Waals surface area contributed by atoms with Gasteiger partial charge in [0.2, 0.25) is 0 Å². The lowest BCUT2D eigenvalue weighted by molar-refractivity contribution is -0.286. The number of benzene rings is 1. The molecule has 3 aliphatic rings. The Morgan fingerprint density at radius 3 is 2.95 bits per heavy atom. The second kappa shape index (κ2) is 9.62. The number of fused-ring (bicyclic) bond motifs is 1. The number of nitrogens with one attached hydrogen (secondary N) is 2. The van der Waals surface area contributed by atoms with E-state index >= 15 is 0 Å². The van der Waals surface area contributed by atoms with Crippen LogP contribution in [0, 0.1) is 0 Å². The predicted octanol–water partition coefficient (Wildman–Crippen LogP) is 4.56. The first-order valence-electron chi connectivity index (χ1n) is 12.5. The van der Waals surface area contributed by atoms with Crippen LogP contribution in [0.4, 0.5) is 30.6 Å². The van der Waals surface area contributed by atoms with Gasteiger partial charge in [-0.25, -0.2) is 9.78 Å². The van der Waals surface area contributed by atoms with Crippen LogP contribution in [-0.4, -0.2) is 72.6 Å². The summed E-state index contributed by atoms with van der Waals surface area (Å²) in [5.41, 5.74) is 1.11. The van der Waals surface area contributed by atoms with Gasteiger partial charge < -0.3 is 29.9 Å². The van der Waals surface area contributed by atoms with Gasteiger partial charge in [0.15, 0.2) is 11.5 Å². The second-order valence-electron chi connectivity index (χ2n) is 9.54. The van der Waals surface area contributed by atoms with Crippen LogP contribution in [0.5, 0.6) is 11.5 Å². The maximum absolute atomic E-state index is 13.5. The molecular formula is C26H25F2N7O4S. The molecule has 0 aliphatic carbocycles. The molecule has 2 N–H and O–H groups in total. The van der Waals surface area contributed by atoms with Crippen LogP contribution in [0.25, 0.3) is 10.2 Å². The maximum Gasteiger partial charge on any atom is 0.586 e. The molecule has 208 valence electrons. The Labute approximate surface area is 231 Å². The number of likely N-dealkylation sites (tertiary alicyclic amines) is 1. The molecule has 0 unspecified atom stereocenters. The smallest absolute Gasteiger partial charge is 0.395 e. The Balaban J connectivity index is 1.27. The average Bonchev–Trinajstić information content (AvgIpc) is 3.44. The monoisotopic (exact) mass is 569 g/mol. The molecule has 2 aromatic heterocycles. The first-order valence-corrected chi connectivity index (χ1v) is 13.3. The van der Waals surface area contributed by atoms with Crippen LogP contribution in [0.2, 0.25) is 0 Å². The van der Waals surface area contributed by atoms with Crippen molar-refractivity contribution in [3.63, 3.8) is 0 Å².